The maximum absolute atomic E-state index is 13.3. The molecule has 1 fully saturated rings. The number of aromatic nitrogens is 1. The third-order valence-electron chi connectivity index (χ3n) is 6.65. The second kappa shape index (κ2) is 12.5. The largest absolute Gasteiger partial charge is 0.466 e. The first-order chi connectivity index (χ1) is 18.6. The van der Waals surface area contributed by atoms with Gasteiger partial charge >= 0.3 is 12.1 Å². The Morgan fingerprint density at radius 2 is 1.85 bits per heavy atom. The van der Waals surface area contributed by atoms with E-state index in [0.29, 0.717) is 31.5 Å². The minimum atomic E-state index is -4.43. The van der Waals surface area contributed by atoms with E-state index in [9.17, 15) is 22.8 Å². The van der Waals surface area contributed by atoms with Gasteiger partial charge in [-0.05, 0) is 43.9 Å². The second-order valence-corrected chi connectivity index (χ2v) is 9.80. The van der Waals surface area contributed by atoms with Crippen molar-refractivity contribution in [3.8, 4) is 0 Å². The molecule has 0 radical (unpaired) electrons. The van der Waals surface area contributed by atoms with Crippen LogP contribution in [0.2, 0.25) is 0 Å². The van der Waals surface area contributed by atoms with E-state index in [4.69, 9.17) is 9.15 Å². The number of ether oxygens (including phenoxy) is 1. The van der Waals surface area contributed by atoms with Gasteiger partial charge in [-0.1, -0.05) is 48.0 Å². The van der Waals surface area contributed by atoms with Gasteiger partial charge in [0.2, 0.25) is 5.89 Å². The number of carbonyl (C=O) groups excluding carboxylic acids is 2. The summed E-state index contributed by atoms with van der Waals surface area (Å²) in [6, 6.07) is 13.1. The van der Waals surface area contributed by atoms with Crippen LogP contribution in [-0.4, -0.2) is 46.4 Å². The normalized spacial score (nSPS) is 15.9. The molecule has 1 aliphatic heterocycles. The number of benzene rings is 2. The van der Waals surface area contributed by atoms with Crippen molar-refractivity contribution in [1.29, 1.82) is 0 Å². The summed E-state index contributed by atoms with van der Waals surface area (Å²) in [7, 11) is 0. The zero-order valence-electron chi connectivity index (χ0n) is 22.0. The van der Waals surface area contributed by atoms with E-state index in [1.54, 1.807) is 17.9 Å². The molecule has 1 unspecified atom stereocenters. The van der Waals surface area contributed by atoms with Gasteiger partial charge < -0.3 is 14.1 Å². The maximum Gasteiger partial charge on any atom is 0.416 e. The summed E-state index contributed by atoms with van der Waals surface area (Å²) < 4.78 is 50.6. The predicted molar refractivity (Wildman–Crippen MR) is 137 cm³/mol. The predicted octanol–water partition coefficient (Wildman–Crippen LogP) is 5.62. The first kappa shape index (κ1) is 28.4. The smallest absolute Gasteiger partial charge is 0.416 e. The summed E-state index contributed by atoms with van der Waals surface area (Å²) in [6.07, 6.45) is -1.80. The van der Waals surface area contributed by atoms with E-state index in [0.717, 1.165) is 23.3 Å². The van der Waals surface area contributed by atoms with E-state index >= 15 is 0 Å². The molecule has 1 aliphatic rings. The van der Waals surface area contributed by atoms with Gasteiger partial charge in [0.25, 0.3) is 5.91 Å². The van der Waals surface area contributed by atoms with Crippen molar-refractivity contribution in [2.45, 2.75) is 52.5 Å². The molecule has 208 valence electrons. The van der Waals surface area contributed by atoms with E-state index in [-0.39, 0.29) is 55.6 Å². The van der Waals surface area contributed by atoms with Gasteiger partial charge in [-0.15, -0.1) is 0 Å². The minimum Gasteiger partial charge on any atom is -0.466 e. The highest BCUT2D eigenvalue weighted by atomic mass is 19.4. The third-order valence-corrected chi connectivity index (χ3v) is 6.65. The Kier molecular flexibility index (Phi) is 9.06. The van der Waals surface area contributed by atoms with Crippen molar-refractivity contribution >= 4 is 11.9 Å². The van der Waals surface area contributed by atoms with Gasteiger partial charge in [-0.25, -0.2) is 4.98 Å². The molecule has 3 aromatic rings. The monoisotopic (exact) mass is 543 g/mol. The highest BCUT2D eigenvalue weighted by Crippen LogP contribution is 2.30. The first-order valence-electron chi connectivity index (χ1n) is 13.0. The Hall–Kier alpha value is -3.66. The Bertz CT molecular complexity index is 1270. The molecule has 2 heterocycles. The van der Waals surface area contributed by atoms with Gasteiger partial charge in [0.05, 0.1) is 24.6 Å². The first-order valence-corrected chi connectivity index (χ1v) is 13.0. The van der Waals surface area contributed by atoms with Crippen LogP contribution in [0.25, 0.3) is 0 Å². The van der Waals surface area contributed by atoms with Gasteiger partial charge in [-0.2, -0.15) is 13.2 Å². The number of esters is 1. The second-order valence-electron chi connectivity index (χ2n) is 9.80. The number of likely N-dealkylation sites (tertiary alicyclic amines) is 1. The number of hydrogen-bond donors (Lipinski definition) is 0. The minimum absolute atomic E-state index is 0.129. The average Bonchev–Trinajstić information content (AvgIpc) is 3.38. The van der Waals surface area contributed by atoms with Crippen molar-refractivity contribution in [2.24, 2.45) is 5.92 Å². The lowest BCUT2D eigenvalue weighted by Crippen LogP contribution is -2.43. The number of aryl methyl sites for hydroxylation is 1. The van der Waals surface area contributed by atoms with Gasteiger partial charge in [0.1, 0.15) is 6.26 Å². The Labute approximate surface area is 225 Å². The standard InChI is InChI=1S/C29H32F3N3O4/c1-3-38-28(37)23-7-5-13-35(17-23)27(36)25-19-39-26(33-25)18-34(15-21-11-9-20(2)10-12-21)16-22-6-4-8-24(14-22)29(30,31)32/h4,6,8-12,14,19,23H,3,5,7,13,15-18H2,1-2H3. The summed E-state index contributed by atoms with van der Waals surface area (Å²) in [5, 5.41) is 0. The maximum atomic E-state index is 13.3. The average molecular weight is 544 g/mol. The molecule has 0 spiro atoms. The van der Waals surface area contributed by atoms with Crippen LogP contribution in [-0.2, 0) is 35.3 Å². The third kappa shape index (κ3) is 7.69. The fourth-order valence-corrected chi connectivity index (χ4v) is 4.67. The van der Waals surface area contributed by atoms with E-state index in [2.05, 4.69) is 4.98 Å². The lowest BCUT2D eigenvalue weighted by atomic mass is 9.98. The summed E-state index contributed by atoms with van der Waals surface area (Å²) in [6.45, 7) is 5.62. The highest BCUT2D eigenvalue weighted by molar-refractivity contribution is 5.92. The van der Waals surface area contributed by atoms with Crippen molar-refractivity contribution in [1.82, 2.24) is 14.8 Å². The molecule has 0 saturated carbocycles. The molecule has 0 aliphatic carbocycles. The summed E-state index contributed by atoms with van der Waals surface area (Å²) in [5.74, 6) is -0.734. The van der Waals surface area contributed by atoms with Crippen LogP contribution >= 0.6 is 0 Å². The van der Waals surface area contributed by atoms with E-state index in [1.807, 2.05) is 36.1 Å². The summed E-state index contributed by atoms with van der Waals surface area (Å²) in [4.78, 5) is 33.1. The molecule has 0 bridgehead atoms. The van der Waals surface area contributed by atoms with Crippen LogP contribution in [0.1, 0.15) is 58.4 Å². The molecule has 7 nitrogen and oxygen atoms in total. The molecular weight excluding hydrogens is 511 g/mol. The summed E-state index contributed by atoms with van der Waals surface area (Å²) >= 11 is 0. The van der Waals surface area contributed by atoms with Gasteiger partial charge in [-0.3, -0.25) is 14.5 Å². The Morgan fingerprint density at radius 1 is 1.10 bits per heavy atom. The van der Waals surface area contributed by atoms with Crippen LogP contribution in [0.3, 0.4) is 0 Å². The molecule has 0 N–H and O–H groups in total. The Balaban J connectivity index is 1.49. The number of hydrogen-bond acceptors (Lipinski definition) is 6. The lowest BCUT2D eigenvalue weighted by Gasteiger charge is -2.30. The number of carbonyl (C=O) groups is 2. The van der Waals surface area contributed by atoms with Gasteiger partial charge in [0, 0.05) is 26.2 Å². The fraction of sp³-hybridized carbons (Fsp3) is 0.414. The van der Waals surface area contributed by atoms with Crippen LogP contribution in [0, 0.1) is 12.8 Å². The Morgan fingerprint density at radius 3 is 2.56 bits per heavy atom. The molecule has 1 atom stereocenters. The van der Waals surface area contributed by atoms with Crippen LogP contribution in [0.4, 0.5) is 13.2 Å². The molecule has 1 saturated heterocycles. The van der Waals surface area contributed by atoms with Crippen LogP contribution < -0.4 is 0 Å². The zero-order valence-corrected chi connectivity index (χ0v) is 22.0. The van der Waals surface area contributed by atoms with Crippen LogP contribution in [0.15, 0.2) is 59.2 Å². The SMILES string of the molecule is CCOC(=O)C1CCCN(C(=O)c2coc(CN(Cc3ccc(C)cc3)Cc3cccc(C(F)(F)F)c3)n2)C1. The molecule has 2 aromatic carbocycles. The number of oxazole rings is 1. The molecule has 10 heteroatoms. The number of piperidine rings is 1. The number of alkyl halides is 3. The van der Waals surface area contributed by atoms with Crippen molar-refractivity contribution in [3.63, 3.8) is 0 Å². The van der Waals surface area contributed by atoms with E-state index in [1.165, 1.54) is 12.3 Å². The molecule has 4 rings (SSSR count). The van der Waals surface area contributed by atoms with Crippen molar-refractivity contribution in [2.75, 3.05) is 19.7 Å². The highest BCUT2D eigenvalue weighted by Gasteiger charge is 2.32. The number of halogens is 3. The van der Waals surface area contributed by atoms with Crippen LogP contribution in [0.5, 0.6) is 0 Å². The van der Waals surface area contributed by atoms with Crippen molar-refractivity contribution in [3.05, 3.63) is 88.6 Å². The molecule has 1 amide bonds. The number of amides is 1. The number of rotatable bonds is 9. The topological polar surface area (TPSA) is 75.9 Å². The quantitative estimate of drug-likeness (QED) is 0.326. The van der Waals surface area contributed by atoms with E-state index < -0.39 is 11.7 Å². The zero-order chi connectivity index (χ0) is 28.0. The molecule has 1 aromatic heterocycles. The van der Waals surface area contributed by atoms with Gasteiger partial charge in [0.15, 0.2) is 5.69 Å². The fourth-order valence-electron chi connectivity index (χ4n) is 4.67. The summed E-state index contributed by atoms with van der Waals surface area (Å²) in [5.41, 5.74) is 2.00. The van der Waals surface area contributed by atoms with Crippen molar-refractivity contribution < 1.29 is 31.9 Å². The lowest BCUT2D eigenvalue weighted by molar-refractivity contribution is -0.149. The molecule has 39 heavy (non-hydrogen) atoms. The number of nitrogens with zero attached hydrogens (tertiary/aromatic N) is 3. The molecular formula is C29H32F3N3O4.